The average Bonchev–Trinajstić information content (AvgIpc) is 2.28. The van der Waals surface area contributed by atoms with E-state index in [4.69, 9.17) is 11.6 Å². The summed E-state index contributed by atoms with van der Waals surface area (Å²) in [7, 11) is -3.16. The Hall–Kier alpha value is -0.620. The van der Waals surface area contributed by atoms with Gasteiger partial charge in [0, 0.05) is 24.2 Å². The van der Waals surface area contributed by atoms with Crippen LogP contribution < -0.4 is 10.0 Å². The van der Waals surface area contributed by atoms with Gasteiger partial charge in [0.15, 0.2) is 0 Å². The maximum Gasteiger partial charge on any atom is 0.212 e. The van der Waals surface area contributed by atoms with Crippen LogP contribution in [-0.4, -0.2) is 27.3 Å². The van der Waals surface area contributed by atoms with Crippen LogP contribution in [-0.2, 0) is 10.0 Å². The summed E-state index contributed by atoms with van der Waals surface area (Å²) in [6.45, 7) is 4.57. The summed E-state index contributed by atoms with van der Waals surface area (Å²) in [6, 6.07) is 7.60. The van der Waals surface area contributed by atoms with E-state index in [9.17, 15) is 8.42 Å². The van der Waals surface area contributed by atoms with Crippen LogP contribution in [0.4, 0.5) is 0 Å². The molecular weight excluding hydrogens is 272 g/mol. The van der Waals surface area contributed by atoms with Crippen LogP contribution in [0, 0.1) is 0 Å². The van der Waals surface area contributed by atoms with Gasteiger partial charge < -0.3 is 5.32 Å². The van der Waals surface area contributed by atoms with E-state index >= 15 is 0 Å². The molecule has 0 radical (unpaired) electrons. The first-order valence-electron chi connectivity index (χ1n) is 5.91. The standard InChI is InChI=1S/C12H19ClN2O2S/c1-3-15-18(16,17)8-7-14-10(2)11-5-4-6-12(13)9-11/h4-6,9-10,14-15H,3,7-8H2,1-2H3. The highest BCUT2D eigenvalue weighted by molar-refractivity contribution is 7.89. The molecule has 6 heteroatoms. The molecule has 0 spiro atoms. The minimum atomic E-state index is -3.16. The number of halogens is 1. The van der Waals surface area contributed by atoms with Crippen molar-refractivity contribution in [2.75, 3.05) is 18.8 Å². The molecule has 4 nitrogen and oxygen atoms in total. The molecule has 0 saturated heterocycles. The van der Waals surface area contributed by atoms with Gasteiger partial charge in [-0.15, -0.1) is 0 Å². The summed E-state index contributed by atoms with van der Waals surface area (Å²) >= 11 is 5.90. The Morgan fingerprint density at radius 1 is 1.39 bits per heavy atom. The third-order valence-corrected chi connectivity index (χ3v) is 4.24. The van der Waals surface area contributed by atoms with Gasteiger partial charge in [-0.05, 0) is 24.6 Å². The molecule has 1 aromatic carbocycles. The van der Waals surface area contributed by atoms with Crippen molar-refractivity contribution in [3.63, 3.8) is 0 Å². The second-order valence-corrected chi connectivity index (χ2v) is 6.41. The maximum atomic E-state index is 11.4. The molecule has 1 atom stereocenters. The summed E-state index contributed by atoms with van der Waals surface area (Å²) in [5.41, 5.74) is 1.04. The molecule has 1 aromatic rings. The van der Waals surface area contributed by atoms with Gasteiger partial charge in [-0.3, -0.25) is 0 Å². The highest BCUT2D eigenvalue weighted by Gasteiger charge is 2.10. The van der Waals surface area contributed by atoms with Gasteiger partial charge in [-0.1, -0.05) is 30.7 Å². The van der Waals surface area contributed by atoms with Crippen LogP contribution in [0.2, 0.25) is 5.02 Å². The third kappa shape index (κ3) is 5.35. The largest absolute Gasteiger partial charge is 0.309 e. The second kappa shape index (κ2) is 7.09. The van der Waals surface area contributed by atoms with Crippen molar-refractivity contribution in [1.29, 1.82) is 0 Å². The van der Waals surface area contributed by atoms with E-state index in [-0.39, 0.29) is 11.8 Å². The molecule has 102 valence electrons. The Bertz CT molecular complexity index is 477. The summed E-state index contributed by atoms with van der Waals surface area (Å²) in [5.74, 6) is 0.0751. The van der Waals surface area contributed by atoms with E-state index < -0.39 is 10.0 Å². The SMILES string of the molecule is CCNS(=O)(=O)CCNC(C)c1cccc(Cl)c1. The van der Waals surface area contributed by atoms with Crippen LogP contribution in [0.3, 0.4) is 0 Å². The lowest BCUT2D eigenvalue weighted by Crippen LogP contribution is -2.32. The minimum Gasteiger partial charge on any atom is -0.309 e. The highest BCUT2D eigenvalue weighted by atomic mass is 35.5. The summed E-state index contributed by atoms with van der Waals surface area (Å²) in [4.78, 5) is 0. The first kappa shape index (κ1) is 15.4. The molecule has 0 bridgehead atoms. The lowest BCUT2D eigenvalue weighted by Gasteiger charge is -2.14. The fraction of sp³-hybridized carbons (Fsp3) is 0.500. The second-order valence-electron chi connectivity index (χ2n) is 4.05. The summed E-state index contributed by atoms with van der Waals surface area (Å²) < 4.78 is 25.3. The zero-order valence-electron chi connectivity index (χ0n) is 10.6. The molecule has 1 rings (SSSR count). The number of nitrogens with one attached hydrogen (secondary N) is 2. The number of sulfonamides is 1. The Morgan fingerprint density at radius 3 is 2.72 bits per heavy atom. The van der Waals surface area contributed by atoms with E-state index in [0.29, 0.717) is 18.1 Å². The fourth-order valence-electron chi connectivity index (χ4n) is 1.60. The van der Waals surface area contributed by atoms with Gasteiger partial charge in [-0.2, -0.15) is 0 Å². The molecule has 0 aliphatic carbocycles. The van der Waals surface area contributed by atoms with Crippen LogP contribution in [0.1, 0.15) is 25.5 Å². The van der Waals surface area contributed by atoms with Gasteiger partial charge in [0.25, 0.3) is 0 Å². The highest BCUT2D eigenvalue weighted by Crippen LogP contribution is 2.16. The Labute approximate surface area is 114 Å². The molecule has 0 aromatic heterocycles. The molecule has 0 aliphatic rings. The normalized spacial score (nSPS) is 13.5. The number of hydrogen-bond acceptors (Lipinski definition) is 3. The van der Waals surface area contributed by atoms with Crippen molar-refractivity contribution in [3.8, 4) is 0 Å². The van der Waals surface area contributed by atoms with Gasteiger partial charge in [0.1, 0.15) is 0 Å². The van der Waals surface area contributed by atoms with Crippen LogP contribution in [0.5, 0.6) is 0 Å². The van der Waals surface area contributed by atoms with E-state index in [1.165, 1.54) is 0 Å². The van der Waals surface area contributed by atoms with Gasteiger partial charge >= 0.3 is 0 Å². The maximum absolute atomic E-state index is 11.4. The molecule has 0 amide bonds. The van der Waals surface area contributed by atoms with Gasteiger partial charge in [-0.25, -0.2) is 13.1 Å². The van der Waals surface area contributed by atoms with E-state index in [1.54, 1.807) is 6.92 Å². The molecule has 2 N–H and O–H groups in total. The predicted molar refractivity (Wildman–Crippen MR) is 75.3 cm³/mol. The van der Waals surface area contributed by atoms with Crippen molar-refractivity contribution < 1.29 is 8.42 Å². The monoisotopic (exact) mass is 290 g/mol. The summed E-state index contributed by atoms with van der Waals surface area (Å²) in [5, 5.41) is 3.84. The van der Waals surface area contributed by atoms with Crippen LogP contribution in [0.25, 0.3) is 0 Å². The van der Waals surface area contributed by atoms with Crippen LogP contribution >= 0.6 is 11.6 Å². The van der Waals surface area contributed by atoms with E-state index in [0.717, 1.165) is 5.56 Å². The molecule has 0 aliphatic heterocycles. The summed E-state index contributed by atoms with van der Waals surface area (Å²) in [6.07, 6.45) is 0. The Morgan fingerprint density at radius 2 is 2.11 bits per heavy atom. The number of hydrogen-bond donors (Lipinski definition) is 2. The molecule has 18 heavy (non-hydrogen) atoms. The molecule has 1 unspecified atom stereocenters. The first-order chi connectivity index (χ1) is 8.44. The predicted octanol–water partition coefficient (Wildman–Crippen LogP) is 1.93. The van der Waals surface area contributed by atoms with Crippen molar-refractivity contribution in [2.45, 2.75) is 19.9 Å². The first-order valence-corrected chi connectivity index (χ1v) is 7.94. The number of benzene rings is 1. The van der Waals surface area contributed by atoms with Crippen molar-refractivity contribution in [1.82, 2.24) is 10.0 Å². The van der Waals surface area contributed by atoms with Gasteiger partial charge in [0.05, 0.1) is 5.75 Å². The van der Waals surface area contributed by atoms with Crippen molar-refractivity contribution in [3.05, 3.63) is 34.9 Å². The average molecular weight is 291 g/mol. The minimum absolute atomic E-state index is 0.0699. The zero-order valence-corrected chi connectivity index (χ0v) is 12.2. The van der Waals surface area contributed by atoms with Crippen molar-refractivity contribution >= 4 is 21.6 Å². The lowest BCUT2D eigenvalue weighted by atomic mass is 10.1. The topological polar surface area (TPSA) is 58.2 Å². The molecule has 0 fully saturated rings. The Kier molecular flexibility index (Phi) is 6.08. The molecule has 0 heterocycles. The number of rotatable bonds is 7. The molecule has 0 saturated carbocycles. The Balaban J connectivity index is 2.45. The van der Waals surface area contributed by atoms with Gasteiger partial charge in [0.2, 0.25) is 10.0 Å². The smallest absolute Gasteiger partial charge is 0.212 e. The fourth-order valence-corrected chi connectivity index (χ4v) is 2.77. The zero-order chi connectivity index (χ0) is 13.6. The van der Waals surface area contributed by atoms with Crippen LogP contribution in [0.15, 0.2) is 24.3 Å². The quantitative estimate of drug-likeness (QED) is 0.807. The molecular formula is C12H19ClN2O2S. The lowest BCUT2D eigenvalue weighted by molar-refractivity contribution is 0.564. The third-order valence-electron chi connectivity index (χ3n) is 2.53. The van der Waals surface area contributed by atoms with E-state index in [2.05, 4.69) is 10.0 Å². The van der Waals surface area contributed by atoms with Crippen molar-refractivity contribution in [2.24, 2.45) is 0 Å². The van der Waals surface area contributed by atoms with E-state index in [1.807, 2.05) is 31.2 Å².